The van der Waals surface area contributed by atoms with Crippen LogP contribution in [0.4, 0.5) is 10.5 Å². The number of rotatable bonds is 2. The van der Waals surface area contributed by atoms with E-state index >= 15 is 0 Å². The van der Waals surface area contributed by atoms with Crippen molar-refractivity contribution < 1.29 is 9.90 Å². The van der Waals surface area contributed by atoms with Gasteiger partial charge in [0.15, 0.2) is 0 Å². The maximum atomic E-state index is 12.0. The first kappa shape index (κ1) is 12.9. The van der Waals surface area contributed by atoms with Crippen molar-refractivity contribution in [3.63, 3.8) is 0 Å². The summed E-state index contributed by atoms with van der Waals surface area (Å²) in [5.41, 5.74) is 0.785. The SMILES string of the molecule is O=C(Nc1cccc2ccccc12)N[C@H]1CCC[C@H]1O. The first-order valence-corrected chi connectivity index (χ1v) is 6.97. The number of hydrogen-bond acceptors (Lipinski definition) is 2. The number of carbonyl (C=O) groups is 1. The number of nitrogens with one attached hydrogen (secondary N) is 2. The Morgan fingerprint density at radius 3 is 2.70 bits per heavy atom. The zero-order valence-corrected chi connectivity index (χ0v) is 11.2. The summed E-state index contributed by atoms with van der Waals surface area (Å²) >= 11 is 0. The minimum Gasteiger partial charge on any atom is -0.391 e. The van der Waals surface area contributed by atoms with Crippen molar-refractivity contribution in [3.05, 3.63) is 42.5 Å². The Labute approximate surface area is 117 Å². The van der Waals surface area contributed by atoms with Crippen LogP contribution in [0.3, 0.4) is 0 Å². The molecule has 3 N–H and O–H groups in total. The minimum atomic E-state index is -0.423. The molecule has 0 spiro atoms. The monoisotopic (exact) mass is 270 g/mol. The van der Waals surface area contributed by atoms with E-state index in [0.29, 0.717) is 0 Å². The number of aliphatic hydroxyl groups is 1. The molecule has 4 nitrogen and oxygen atoms in total. The largest absolute Gasteiger partial charge is 0.391 e. The van der Waals surface area contributed by atoms with Gasteiger partial charge in [-0.25, -0.2) is 4.79 Å². The van der Waals surface area contributed by atoms with Crippen LogP contribution in [-0.4, -0.2) is 23.3 Å². The highest BCUT2D eigenvalue weighted by molar-refractivity contribution is 6.01. The molecule has 20 heavy (non-hydrogen) atoms. The summed E-state index contributed by atoms with van der Waals surface area (Å²) in [7, 11) is 0. The van der Waals surface area contributed by atoms with Crippen molar-refractivity contribution in [2.45, 2.75) is 31.4 Å². The molecule has 104 valence electrons. The summed E-state index contributed by atoms with van der Waals surface area (Å²) in [6.07, 6.45) is 2.14. The van der Waals surface area contributed by atoms with Crippen LogP contribution in [0.2, 0.25) is 0 Å². The predicted octanol–water partition coefficient (Wildman–Crippen LogP) is 2.87. The van der Waals surface area contributed by atoms with Crippen LogP contribution >= 0.6 is 0 Å². The van der Waals surface area contributed by atoms with Crippen molar-refractivity contribution >= 4 is 22.5 Å². The lowest BCUT2D eigenvalue weighted by Gasteiger charge is -2.17. The summed E-state index contributed by atoms with van der Waals surface area (Å²) in [5, 5.41) is 17.5. The van der Waals surface area contributed by atoms with Gasteiger partial charge in [-0.05, 0) is 30.7 Å². The molecule has 0 radical (unpaired) electrons. The molecule has 2 aromatic rings. The molecule has 1 aliphatic rings. The van der Waals surface area contributed by atoms with Gasteiger partial charge in [0, 0.05) is 5.39 Å². The normalized spacial score (nSPS) is 21.9. The molecule has 3 rings (SSSR count). The molecule has 4 heteroatoms. The van der Waals surface area contributed by atoms with E-state index in [1.807, 2.05) is 42.5 Å². The van der Waals surface area contributed by atoms with Gasteiger partial charge in [-0.3, -0.25) is 0 Å². The van der Waals surface area contributed by atoms with Gasteiger partial charge in [0.05, 0.1) is 17.8 Å². The van der Waals surface area contributed by atoms with Crippen molar-refractivity contribution in [2.24, 2.45) is 0 Å². The molecule has 0 aliphatic heterocycles. The molecule has 0 unspecified atom stereocenters. The van der Waals surface area contributed by atoms with Gasteiger partial charge in [-0.15, -0.1) is 0 Å². The maximum absolute atomic E-state index is 12.0. The lowest BCUT2D eigenvalue weighted by molar-refractivity contribution is 0.151. The Bertz CT molecular complexity index is 621. The fourth-order valence-corrected chi connectivity index (χ4v) is 2.77. The first-order chi connectivity index (χ1) is 9.74. The van der Waals surface area contributed by atoms with Gasteiger partial charge >= 0.3 is 6.03 Å². The van der Waals surface area contributed by atoms with Crippen molar-refractivity contribution in [1.29, 1.82) is 0 Å². The van der Waals surface area contributed by atoms with Crippen LogP contribution in [0.1, 0.15) is 19.3 Å². The number of hydrogen-bond donors (Lipinski definition) is 3. The van der Waals surface area contributed by atoms with Gasteiger partial charge in [0.25, 0.3) is 0 Å². The number of carbonyl (C=O) groups excluding carboxylic acids is 1. The molecule has 2 atom stereocenters. The van der Waals surface area contributed by atoms with Crippen LogP contribution in [0.15, 0.2) is 42.5 Å². The lowest BCUT2D eigenvalue weighted by atomic mass is 10.1. The van der Waals surface area contributed by atoms with Gasteiger partial charge in [0.2, 0.25) is 0 Å². The number of fused-ring (bicyclic) bond motifs is 1. The average molecular weight is 270 g/mol. The Morgan fingerprint density at radius 1 is 1.10 bits per heavy atom. The number of anilines is 1. The number of benzene rings is 2. The second-order valence-corrected chi connectivity index (χ2v) is 5.23. The summed E-state index contributed by atoms with van der Waals surface area (Å²) in [5.74, 6) is 0. The van der Waals surface area contributed by atoms with Crippen LogP contribution < -0.4 is 10.6 Å². The molecule has 1 saturated carbocycles. The highest BCUT2D eigenvalue weighted by Crippen LogP contribution is 2.23. The number of amides is 2. The fourth-order valence-electron chi connectivity index (χ4n) is 2.77. The molecule has 0 bridgehead atoms. The number of urea groups is 1. The Morgan fingerprint density at radius 2 is 1.90 bits per heavy atom. The zero-order chi connectivity index (χ0) is 13.9. The molecule has 0 aromatic heterocycles. The fraction of sp³-hybridized carbons (Fsp3) is 0.312. The Hall–Kier alpha value is -2.07. The van der Waals surface area contributed by atoms with Gasteiger partial charge < -0.3 is 15.7 Å². The van der Waals surface area contributed by atoms with E-state index in [1.54, 1.807) is 0 Å². The molecule has 1 fully saturated rings. The minimum absolute atomic E-state index is 0.134. The van der Waals surface area contributed by atoms with Crippen LogP contribution in [0.25, 0.3) is 10.8 Å². The molecule has 1 aliphatic carbocycles. The van der Waals surface area contributed by atoms with Gasteiger partial charge in [0.1, 0.15) is 0 Å². The molecule has 2 aromatic carbocycles. The van der Waals surface area contributed by atoms with E-state index in [0.717, 1.165) is 35.7 Å². The van der Waals surface area contributed by atoms with Crippen LogP contribution in [-0.2, 0) is 0 Å². The van der Waals surface area contributed by atoms with E-state index in [-0.39, 0.29) is 12.1 Å². The molecular weight excluding hydrogens is 252 g/mol. The van der Waals surface area contributed by atoms with Crippen molar-refractivity contribution in [3.8, 4) is 0 Å². The standard InChI is InChI=1S/C16H18N2O2/c19-15-10-4-9-14(15)18-16(20)17-13-8-3-6-11-5-1-2-7-12(11)13/h1-3,5-8,14-15,19H,4,9-10H2,(H2,17,18,20)/t14-,15+/m0/s1. The van der Waals surface area contributed by atoms with Crippen LogP contribution in [0.5, 0.6) is 0 Å². The molecule has 0 heterocycles. The van der Waals surface area contributed by atoms with E-state index < -0.39 is 6.10 Å². The topological polar surface area (TPSA) is 61.4 Å². The van der Waals surface area contributed by atoms with E-state index in [2.05, 4.69) is 10.6 Å². The second-order valence-electron chi connectivity index (χ2n) is 5.23. The second kappa shape index (κ2) is 5.51. The van der Waals surface area contributed by atoms with E-state index in [1.165, 1.54) is 0 Å². The quantitative estimate of drug-likeness (QED) is 0.785. The Balaban J connectivity index is 1.74. The predicted molar refractivity (Wildman–Crippen MR) is 79.7 cm³/mol. The molecule has 2 amide bonds. The average Bonchev–Trinajstić information content (AvgIpc) is 2.85. The first-order valence-electron chi connectivity index (χ1n) is 6.97. The van der Waals surface area contributed by atoms with Crippen molar-refractivity contribution in [1.82, 2.24) is 5.32 Å². The van der Waals surface area contributed by atoms with Crippen molar-refractivity contribution in [2.75, 3.05) is 5.32 Å². The summed E-state index contributed by atoms with van der Waals surface area (Å²) in [4.78, 5) is 12.0. The van der Waals surface area contributed by atoms with Gasteiger partial charge in [-0.2, -0.15) is 0 Å². The third kappa shape index (κ3) is 2.60. The van der Waals surface area contributed by atoms with Crippen LogP contribution in [0, 0.1) is 0 Å². The zero-order valence-electron chi connectivity index (χ0n) is 11.2. The van der Waals surface area contributed by atoms with E-state index in [9.17, 15) is 9.90 Å². The molecular formula is C16H18N2O2. The summed E-state index contributed by atoms with van der Waals surface area (Å²) in [6.45, 7) is 0. The third-order valence-corrected chi connectivity index (χ3v) is 3.83. The van der Waals surface area contributed by atoms with E-state index in [4.69, 9.17) is 0 Å². The summed E-state index contributed by atoms with van der Waals surface area (Å²) in [6, 6.07) is 13.3. The third-order valence-electron chi connectivity index (χ3n) is 3.83. The smallest absolute Gasteiger partial charge is 0.319 e. The molecule has 0 saturated heterocycles. The highest BCUT2D eigenvalue weighted by Gasteiger charge is 2.26. The Kier molecular flexibility index (Phi) is 3.56. The highest BCUT2D eigenvalue weighted by atomic mass is 16.3. The lowest BCUT2D eigenvalue weighted by Crippen LogP contribution is -2.42. The van der Waals surface area contributed by atoms with Gasteiger partial charge in [-0.1, -0.05) is 36.4 Å². The summed E-state index contributed by atoms with van der Waals surface area (Å²) < 4.78 is 0. The number of aliphatic hydroxyl groups excluding tert-OH is 1. The maximum Gasteiger partial charge on any atom is 0.319 e.